The summed E-state index contributed by atoms with van der Waals surface area (Å²) in [4.78, 5) is 26.9. The lowest BCUT2D eigenvalue weighted by Gasteiger charge is -2.27. The zero-order valence-corrected chi connectivity index (χ0v) is 19.3. The van der Waals surface area contributed by atoms with Gasteiger partial charge in [0.25, 0.3) is 0 Å². The van der Waals surface area contributed by atoms with Gasteiger partial charge in [-0.1, -0.05) is 85.4 Å². The van der Waals surface area contributed by atoms with E-state index in [1.165, 1.54) is 42.4 Å². The fourth-order valence-electron chi connectivity index (χ4n) is 3.48. The molecule has 0 aliphatic carbocycles. The van der Waals surface area contributed by atoms with Crippen molar-refractivity contribution in [2.45, 2.75) is 104 Å². The molecule has 3 nitrogen and oxygen atoms in total. The van der Waals surface area contributed by atoms with Crippen LogP contribution in [0.5, 0.6) is 0 Å². The van der Waals surface area contributed by atoms with Crippen molar-refractivity contribution in [3.8, 4) is 0 Å². The molecule has 0 unspecified atom stereocenters. The molecule has 0 bridgehead atoms. The summed E-state index contributed by atoms with van der Waals surface area (Å²) in [6, 6.07) is 7.06. The summed E-state index contributed by atoms with van der Waals surface area (Å²) in [6.07, 6.45) is 8.92. The molecule has 4 heteroatoms. The Kier molecular flexibility index (Phi) is 9.42. The normalized spacial score (nSPS) is 13.2. The van der Waals surface area contributed by atoms with Gasteiger partial charge in [-0.15, -0.1) is 0 Å². The van der Waals surface area contributed by atoms with E-state index in [9.17, 15) is 0 Å². The fourth-order valence-corrected chi connectivity index (χ4v) is 4.13. The molecule has 1 aromatic rings. The monoisotopic (exact) mass is 397 g/mol. The second-order valence-electron chi connectivity index (χ2n) is 10.0. The van der Waals surface area contributed by atoms with E-state index in [2.05, 4.69) is 59.7 Å². The van der Waals surface area contributed by atoms with Crippen LogP contribution in [0.1, 0.15) is 103 Å². The van der Waals surface area contributed by atoms with Gasteiger partial charge in [-0.2, -0.15) is 14.7 Å². The van der Waals surface area contributed by atoms with Crippen LogP contribution in [-0.4, -0.2) is 20.8 Å². The topological polar surface area (TPSA) is 60.7 Å². The molecule has 0 radical (unpaired) electrons. The Labute approximate surface area is 167 Å². The number of benzene rings is 1. The zero-order chi connectivity index (χ0) is 20.7. The summed E-state index contributed by atoms with van der Waals surface area (Å²) < 4.78 is 0. The highest BCUT2D eigenvalue weighted by Gasteiger charge is 2.27. The van der Waals surface area contributed by atoms with Crippen LogP contribution in [0.2, 0.25) is 0 Å². The van der Waals surface area contributed by atoms with E-state index in [0.717, 1.165) is 19.3 Å². The van der Waals surface area contributed by atoms with Gasteiger partial charge < -0.3 is 0 Å². The minimum atomic E-state index is -3.55. The van der Waals surface area contributed by atoms with Gasteiger partial charge in [0.15, 0.2) is 0 Å². The second kappa shape index (κ2) is 10.3. The molecule has 0 fully saturated rings. The van der Waals surface area contributed by atoms with Gasteiger partial charge in [0.1, 0.15) is 6.16 Å². The third kappa shape index (κ3) is 10.0. The Morgan fingerprint density at radius 2 is 1.22 bits per heavy atom. The van der Waals surface area contributed by atoms with E-state index < -0.39 is 7.94 Å². The van der Waals surface area contributed by atoms with Crippen LogP contribution >= 0.6 is 7.94 Å². The maximum absolute atomic E-state index is 8.96. The number of hydrogen-bond acceptors (Lipinski definition) is 3. The highest BCUT2D eigenvalue weighted by Crippen LogP contribution is 2.45. The van der Waals surface area contributed by atoms with Crippen molar-refractivity contribution in [2.24, 2.45) is 0 Å². The molecule has 3 N–H and O–H groups in total. The van der Waals surface area contributed by atoms with Crippen LogP contribution in [0.3, 0.4) is 0 Å². The van der Waals surface area contributed by atoms with Crippen LogP contribution in [-0.2, 0) is 17.3 Å². The summed E-state index contributed by atoms with van der Waals surface area (Å²) >= 11 is 0. The van der Waals surface area contributed by atoms with Gasteiger partial charge in [0.2, 0.25) is 0 Å². The Hall–Kier alpha value is -0.470. The van der Waals surface area contributed by atoms with Gasteiger partial charge in [-0.3, -0.25) is 0 Å². The van der Waals surface area contributed by atoms with Crippen LogP contribution < -0.4 is 0 Å². The van der Waals surface area contributed by atoms with Crippen molar-refractivity contribution in [2.75, 3.05) is 6.16 Å². The minimum absolute atomic E-state index is 0.146. The van der Waals surface area contributed by atoms with Gasteiger partial charge in [-0.05, 0) is 53.2 Å². The van der Waals surface area contributed by atoms with Crippen LogP contribution in [0.4, 0.5) is 0 Å². The first kappa shape index (κ1) is 24.6. The molecule has 0 saturated carbocycles. The van der Waals surface area contributed by atoms with Crippen molar-refractivity contribution in [1.29, 1.82) is 0 Å². The molecule has 0 heterocycles. The first-order valence-corrected chi connectivity index (χ1v) is 12.3. The molecular weight excluding hydrogens is 355 g/mol. The summed E-state index contributed by atoms with van der Waals surface area (Å²) in [5.41, 5.74) is 4.74. The molecule has 0 aliphatic heterocycles. The average molecular weight is 398 g/mol. The zero-order valence-electron chi connectivity index (χ0n) is 18.4. The van der Waals surface area contributed by atoms with E-state index in [4.69, 9.17) is 14.7 Å². The van der Waals surface area contributed by atoms with Crippen molar-refractivity contribution in [1.82, 2.24) is 0 Å². The van der Waals surface area contributed by atoms with Gasteiger partial charge in [0.05, 0.1) is 0 Å². The Balaban J connectivity index is 2.42. The highest BCUT2D eigenvalue weighted by molar-refractivity contribution is 7.58. The molecule has 0 aliphatic rings. The van der Waals surface area contributed by atoms with Crippen LogP contribution in [0.15, 0.2) is 18.2 Å². The minimum Gasteiger partial charge on any atom is -0.193 e. The number of hydrogen-bond donors (Lipinski definition) is 3. The number of rotatable bonds is 10. The molecule has 0 aromatic heterocycles. The lowest BCUT2D eigenvalue weighted by Crippen LogP contribution is -2.18. The molecule has 27 heavy (non-hydrogen) atoms. The lowest BCUT2D eigenvalue weighted by atomic mass is 9.77. The van der Waals surface area contributed by atoms with Gasteiger partial charge in [0, 0.05) is 0 Å². The van der Waals surface area contributed by atoms with Crippen molar-refractivity contribution >= 4 is 7.94 Å². The largest absolute Gasteiger partial charge is 0.403 e. The second-order valence-corrected chi connectivity index (χ2v) is 11.8. The van der Waals surface area contributed by atoms with Crippen molar-refractivity contribution in [3.05, 3.63) is 34.9 Å². The Morgan fingerprint density at radius 1 is 0.704 bits per heavy atom. The average Bonchev–Trinajstić information content (AvgIpc) is 2.50. The third-order valence-electron chi connectivity index (χ3n) is 5.19. The van der Waals surface area contributed by atoms with Gasteiger partial charge >= 0.3 is 7.94 Å². The molecule has 1 rings (SSSR count). The SMILES string of the molecule is CC(C)(C)c1ccc(CCCCCCCCC[P+](O)(O)O)c(C(C)(C)C)c1. The summed E-state index contributed by atoms with van der Waals surface area (Å²) in [7, 11) is -3.55. The summed E-state index contributed by atoms with van der Waals surface area (Å²) in [5.74, 6) is 0. The molecule has 0 atom stereocenters. The number of aryl methyl sites for hydroxylation is 1. The van der Waals surface area contributed by atoms with Crippen LogP contribution in [0, 0.1) is 0 Å². The molecule has 0 amide bonds. The first-order chi connectivity index (χ1) is 12.3. The third-order valence-corrected chi connectivity index (χ3v) is 6.10. The standard InChI is InChI=1S/C23H42O3P/c1-22(2,3)20-16-15-19(21(18-20)23(4,5)6)14-12-10-8-7-9-11-13-17-27(24,25)26/h15-16,18,24-26H,7-14,17H2,1-6H3/q+1. The van der Waals surface area contributed by atoms with Crippen LogP contribution in [0.25, 0.3) is 0 Å². The molecular formula is C23H42O3P+. The first-order valence-electron chi connectivity index (χ1n) is 10.5. The van der Waals surface area contributed by atoms with E-state index in [1.54, 1.807) is 0 Å². The van der Waals surface area contributed by atoms with Crippen molar-refractivity contribution in [3.63, 3.8) is 0 Å². The molecule has 1 aromatic carbocycles. The summed E-state index contributed by atoms with van der Waals surface area (Å²) in [5, 5.41) is 0. The van der Waals surface area contributed by atoms with Crippen molar-refractivity contribution < 1.29 is 14.7 Å². The molecule has 0 spiro atoms. The molecule has 0 saturated heterocycles. The van der Waals surface area contributed by atoms with E-state index in [0.29, 0.717) is 6.42 Å². The highest BCUT2D eigenvalue weighted by atomic mass is 31.2. The van der Waals surface area contributed by atoms with E-state index in [-0.39, 0.29) is 17.0 Å². The van der Waals surface area contributed by atoms with Gasteiger partial charge in [-0.25, -0.2) is 0 Å². The smallest absolute Gasteiger partial charge is 0.193 e. The quantitative estimate of drug-likeness (QED) is 0.321. The summed E-state index contributed by atoms with van der Waals surface area (Å²) in [6.45, 7) is 13.7. The maximum atomic E-state index is 8.96. The molecule has 156 valence electrons. The fraction of sp³-hybridized carbons (Fsp3) is 0.739. The Morgan fingerprint density at radius 3 is 1.70 bits per heavy atom. The van der Waals surface area contributed by atoms with E-state index >= 15 is 0 Å². The number of unbranched alkanes of at least 4 members (excludes halogenated alkanes) is 6. The Bertz CT molecular complexity index is 562. The predicted molar refractivity (Wildman–Crippen MR) is 118 cm³/mol. The maximum Gasteiger partial charge on any atom is 0.403 e. The lowest BCUT2D eigenvalue weighted by molar-refractivity contribution is 0.328. The predicted octanol–water partition coefficient (Wildman–Crippen LogP) is 6.29. The van der Waals surface area contributed by atoms with E-state index in [1.807, 2.05) is 0 Å².